The van der Waals surface area contributed by atoms with Gasteiger partial charge in [-0.3, -0.25) is 4.79 Å². The average molecular weight is 242 g/mol. The number of hydrogen-bond donors (Lipinski definition) is 0. The summed E-state index contributed by atoms with van der Waals surface area (Å²) in [5.74, 6) is 0.773. The largest absolute Gasteiger partial charge is 0.474 e. The van der Waals surface area contributed by atoms with Gasteiger partial charge in [0.2, 0.25) is 5.90 Å². The number of aliphatic imine (C=N–C) groups is 1. The molecule has 0 spiro atoms. The lowest BCUT2D eigenvalue weighted by molar-refractivity contribution is 0.101. The lowest BCUT2D eigenvalue weighted by Crippen LogP contribution is -2.06. The van der Waals surface area contributed by atoms with Crippen LogP contribution in [-0.2, 0) is 11.8 Å². The summed E-state index contributed by atoms with van der Waals surface area (Å²) in [7, 11) is 1.98. The summed E-state index contributed by atoms with van der Waals surface area (Å²) in [5.41, 5.74) is 2.77. The lowest BCUT2D eigenvalue weighted by Gasteiger charge is -2.03. The SMILES string of the molecule is CC(=O)c1ccc2c(c1)cc(C1=NCCO1)n2C. The Labute approximate surface area is 105 Å². The van der Waals surface area contributed by atoms with Crippen molar-refractivity contribution in [3.8, 4) is 0 Å². The number of fused-ring (bicyclic) bond motifs is 1. The third-order valence-corrected chi connectivity index (χ3v) is 3.25. The van der Waals surface area contributed by atoms with Crippen LogP contribution in [0.15, 0.2) is 29.3 Å². The van der Waals surface area contributed by atoms with Gasteiger partial charge in [-0.15, -0.1) is 0 Å². The summed E-state index contributed by atoms with van der Waals surface area (Å²) >= 11 is 0. The monoisotopic (exact) mass is 242 g/mol. The Kier molecular flexibility index (Phi) is 2.44. The van der Waals surface area contributed by atoms with Crippen molar-refractivity contribution >= 4 is 22.6 Å². The van der Waals surface area contributed by atoms with Crippen LogP contribution in [0.5, 0.6) is 0 Å². The first-order chi connectivity index (χ1) is 8.66. The number of benzene rings is 1. The third-order valence-electron chi connectivity index (χ3n) is 3.25. The van der Waals surface area contributed by atoms with Crippen molar-refractivity contribution in [1.82, 2.24) is 4.57 Å². The number of nitrogens with zero attached hydrogens (tertiary/aromatic N) is 2. The number of rotatable bonds is 2. The molecule has 1 aromatic carbocycles. The molecular formula is C14H14N2O2. The fourth-order valence-electron chi connectivity index (χ4n) is 2.26. The maximum atomic E-state index is 11.4. The van der Waals surface area contributed by atoms with Crippen LogP contribution < -0.4 is 0 Å². The summed E-state index contributed by atoms with van der Waals surface area (Å²) in [6.45, 7) is 2.94. The van der Waals surface area contributed by atoms with Crippen molar-refractivity contribution in [2.45, 2.75) is 6.92 Å². The van der Waals surface area contributed by atoms with Gasteiger partial charge >= 0.3 is 0 Å². The van der Waals surface area contributed by atoms with Crippen LogP contribution >= 0.6 is 0 Å². The molecule has 0 amide bonds. The summed E-state index contributed by atoms with van der Waals surface area (Å²) in [6, 6.07) is 7.75. The highest BCUT2D eigenvalue weighted by Crippen LogP contribution is 2.22. The quantitative estimate of drug-likeness (QED) is 0.757. The van der Waals surface area contributed by atoms with Crippen LogP contribution in [-0.4, -0.2) is 29.4 Å². The van der Waals surface area contributed by atoms with Crippen LogP contribution in [0.3, 0.4) is 0 Å². The van der Waals surface area contributed by atoms with E-state index in [0.29, 0.717) is 12.5 Å². The topological polar surface area (TPSA) is 43.6 Å². The Morgan fingerprint density at radius 1 is 1.39 bits per heavy atom. The Bertz CT molecular complexity index is 668. The van der Waals surface area contributed by atoms with Gasteiger partial charge in [-0.05, 0) is 31.2 Å². The van der Waals surface area contributed by atoms with Crippen LogP contribution in [0.25, 0.3) is 10.9 Å². The number of carbonyl (C=O) groups is 1. The zero-order chi connectivity index (χ0) is 12.7. The highest BCUT2D eigenvalue weighted by molar-refractivity contribution is 6.02. The molecule has 0 atom stereocenters. The third kappa shape index (κ3) is 1.61. The second-order valence-corrected chi connectivity index (χ2v) is 4.45. The van der Waals surface area contributed by atoms with Crippen molar-refractivity contribution in [1.29, 1.82) is 0 Å². The minimum absolute atomic E-state index is 0.0803. The van der Waals surface area contributed by atoms with Gasteiger partial charge in [-0.1, -0.05) is 0 Å². The zero-order valence-corrected chi connectivity index (χ0v) is 10.4. The van der Waals surface area contributed by atoms with Crippen LogP contribution in [0.1, 0.15) is 23.0 Å². The van der Waals surface area contributed by atoms with Crippen LogP contribution in [0, 0.1) is 0 Å². The molecule has 2 heterocycles. The van der Waals surface area contributed by atoms with Gasteiger partial charge in [-0.25, -0.2) is 4.99 Å². The zero-order valence-electron chi connectivity index (χ0n) is 10.4. The predicted octanol–water partition coefficient (Wildman–Crippen LogP) is 2.16. The van der Waals surface area contributed by atoms with E-state index in [1.54, 1.807) is 6.92 Å². The molecule has 0 saturated heterocycles. The molecule has 0 fully saturated rings. The Balaban J connectivity index is 2.18. The molecule has 92 valence electrons. The molecule has 0 saturated carbocycles. The Morgan fingerprint density at radius 3 is 2.89 bits per heavy atom. The maximum Gasteiger partial charge on any atom is 0.233 e. The number of aryl methyl sites for hydroxylation is 1. The summed E-state index contributed by atoms with van der Waals surface area (Å²) in [6.07, 6.45) is 0. The minimum atomic E-state index is 0.0803. The van der Waals surface area contributed by atoms with E-state index >= 15 is 0 Å². The number of aromatic nitrogens is 1. The maximum absolute atomic E-state index is 11.4. The molecule has 0 N–H and O–H groups in total. The van der Waals surface area contributed by atoms with Crippen molar-refractivity contribution in [3.05, 3.63) is 35.5 Å². The summed E-state index contributed by atoms with van der Waals surface area (Å²) in [4.78, 5) is 15.7. The fraction of sp³-hybridized carbons (Fsp3) is 0.286. The number of carbonyl (C=O) groups excluding carboxylic acids is 1. The first-order valence-corrected chi connectivity index (χ1v) is 5.95. The molecule has 0 bridgehead atoms. The van der Waals surface area contributed by atoms with E-state index < -0.39 is 0 Å². The molecule has 18 heavy (non-hydrogen) atoms. The highest BCUT2D eigenvalue weighted by atomic mass is 16.5. The molecule has 0 unspecified atom stereocenters. The molecule has 2 aromatic rings. The van der Waals surface area contributed by atoms with E-state index in [9.17, 15) is 4.79 Å². The molecule has 3 rings (SSSR count). The highest BCUT2D eigenvalue weighted by Gasteiger charge is 2.16. The van der Waals surface area contributed by atoms with Gasteiger partial charge in [0.15, 0.2) is 5.78 Å². The molecule has 4 nitrogen and oxygen atoms in total. The Hall–Kier alpha value is -2.10. The molecule has 1 aromatic heterocycles. The number of Topliss-reactive ketones (excluding diaryl/α,β-unsaturated/α-hetero) is 1. The minimum Gasteiger partial charge on any atom is -0.474 e. The molecule has 0 radical (unpaired) electrons. The van der Waals surface area contributed by atoms with Crippen LogP contribution in [0.2, 0.25) is 0 Å². The number of ether oxygens (including phenoxy) is 1. The van der Waals surface area contributed by atoms with Crippen molar-refractivity contribution in [3.63, 3.8) is 0 Å². The van der Waals surface area contributed by atoms with Crippen molar-refractivity contribution < 1.29 is 9.53 Å². The number of ketones is 1. The van der Waals surface area contributed by atoms with Crippen molar-refractivity contribution in [2.24, 2.45) is 12.0 Å². The van der Waals surface area contributed by atoms with E-state index in [-0.39, 0.29) is 5.78 Å². The lowest BCUT2D eigenvalue weighted by atomic mass is 10.1. The van der Waals surface area contributed by atoms with E-state index in [0.717, 1.165) is 28.7 Å². The standard InChI is InChI=1S/C14H14N2O2/c1-9(17)10-3-4-12-11(7-10)8-13(16(12)2)14-15-5-6-18-14/h3-4,7-8H,5-6H2,1-2H3. The molecule has 1 aliphatic heterocycles. The second kappa shape index (κ2) is 3.98. The average Bonchev–Trinajstić information content (AvgIpc) is 2.97. The second-order valence-electron chi connectivity index (χ2n) is 4.45. The smallest absolute Gasteiger partial charge is 0.233 e. The summed E-state index contributed by atoms with van der Waals surface area (Å²) in [5, 5.41) is 1.04. The molecular weight excluding hydrogens is 228 g/mol. The Morgan fingerprint density at radius 2 is 2.22 bits per heavy atom. The first-order valence-electron chi connectivity index (χ1n) is 5.95. The molecule has 1 aliphatic rings. The summed E-state index contributed by atoms with van der Waals surface area (Å²) < 4.78 is 7.53. The van der Waals surface area contributed by atoms with E-state index in [1.807, 2.05) is 35.9 Å². The predicted molar refractivity (Wildman–Crippen MR) is 70.3 cm³/mol. The van der Waals surface area contributed by atoms with Gasteiger partial charge < -0.3 is 9.30 Å². The van der Waals surface area contributed by atoms with Gasteiger partial charge in [-0.2, -0.15) is 0 Å². The van der Waals surface area contributed by atoms with Crippen molar-refractivity contribution in [2.75, 3.05) is 13.2 Å². The number of hydrogen-bond acceptors (Lipinski definition) is 3. The van der Waals surface area contributed by atoms with Gasteiger partial charge in [0, 0.05) is 23.5 Å². The molecule has 0 aliphatic carbocycles. The van der Waals surface area contributed by atoms with E-state index in [2.05, 4.69) is 4.99 Å². The normalized spacial score (nSPS) is 14.7. The van der Waals surface area contributed by atoms with E-state index in [4.69, 9.17) is 4.74 Å². The molecule has 4 heteroatoms. The van der Waals surface area contributed by atoms with Crippen LogP contribution in [0.4, 0.5) is 0 Å². The van der Waals surface area contributed by atoms with Gasteiger partial charge in [0.1, 0.15) is 12.3 Å². The van der Waals surface area contributed by atoms with E-state index in [1.165, 1.54) is 0 Å². The fourth-order valence-corrected chi connectivity index (χ4v) is 2.26. The first kappa shape index (κ1) is 11.0. The van der Waals surface area contributed by atoms with Gasteiger partial charge in [0.25, 0.3) is 0 Å². The van der Waals surface area contributed by atoms with Gasteiger partial charge in [0.05, 0.1) is 6.54 Å².